The monoisotopic (exact) mass is 446 g/mol. The van der Waals surface area contributed by atoms with Gasteiger partial charge in [-0.15, -0.1) is 10.2 Å². The van der Waals surface area contributed by atoms with Crippen LogP contribution in [0.15, 0.2) is 40.9 Å². The molecule has 168 valence electrons. The number of hydrogen-bond donors (Lipinski definition) is 0. The molecular weight excluding hydrogens is 425 g/mol. The van der Waals surface area contributed by atoms with E-state index in [1.807, 2.05) is 11.8 Å². The number of aryl methyl sites for hydroxylation is 1. The highest BCUT2D eigenvalue weighted by atomic mass is 19.4. The van der Waals surface area contributed by atoms with Crippen molar-refractivity contribution in [2.75, 3.05) is 31.1 Å². The molecule has 11 heteroatoms. The molecule has 0 spiro atoms. The van der Waals surface area contributed by atoms with E-state index in [0.717, 1.165) is 12.5 Å². The van der Waals surface area contributed by atoms with Gasteiger partial charge in [0.2, 0.25) is 0 Å². The van der Waals surface area contributed by atoms with Crippen LogP contribution in [0.2, 0.25) is 0 Å². The Morgan fingerprint density at radius 1 is 1.06 bits per heavy atom. The first-order valence-electron chi connectivity index (χ1n) is 10.2. The highest BCUT2D eigenvalue weighted by molar-refractivity contribution is 5.96. The van der Waals surface area contributed by atoms with Crippen LogP contribution in [0.1, 0.15) is 35.1 Å². The fraction of sp³-hybridized carbons (Fsp3) is 0.381. The second kappa shape index (κ2) is 8.93. The van der Waals surface area contributed by atoms with Gasteiger partial charge in [-0.2, -0.15) is 18.2 Å². The lowest BCUT2D eigenvalue weighted by Crippen LogP contribution is -2.49. The van der Waals surface area contributed by atoms with Crippen molar-refractivity contribution in [3.05, 3.63) is 53.3 Å². The molecular formula is C21H21F3N6O2. The first kappa shape index (κ1) is 21.7. The molecule has 32 heavy (non-hydrogen) atoms. The molecule has 4 rings (SSSR count). The molecule has 0 saturated carbocycles. The Morgan fingerprint density at radius 2 is 1.81 bits per heavy atom. The minimum atomic E-state index is -4.58. The molecule has 1 aliphatic heterocycles. The Morgan fingerprint density at radius 3 is 2.47 bits per heavy atom. The van der Waals surface area contributed by atoms with E-state index in [4.69, 9.17) is 4.52 Å². The summed E-state index contributed by atoms with van der Waals surface area (Å²) in [7, 11) is 0. The zero-order chi connectivity index (χ0) is 22.7. The van der Waals surface area contributed by atoms with E-state index in [1.165, 1.54) is 23.1 Å². The standard InChI is InChI=1S/C21H21F3N6O2/c1-2-5-17-25-19(32-28-17)16-8-9-18(27-26-16)29-10-12-30(13-11-29)20(31)14-6-3-4-7-15(14)21(22,23)24/h3-4,6-9H,2,5,10-13H2,1H3. The first-order valence-corrected chi connectivity index (χ1v) is 10.2. The molecule has 1 aromatic carbocycles. The molecule has 3 heterocycles. The summed E-state index contributed by atoms with van der Waals surface area (Å²) in [6.45, 7) is 3.42. The van der Waals surface area contributed by atoms with E-state index in [0.29, 0.717) is 42.7 Å². The maximum absolute atomic E-state index is 13.2. The van der Waals surface area contributed by atoms with Crippen molar-refractivity contribution in [3.8, 4) is 11.6 Å². The maximum Gasteiger partial charge on any atom is 0.417 e. The highest BCUT2D eigenvalue weighted by Gasteiger charge is 2.36. The summed E-state index contributed by atoms with van der Waals surface area (Å²) < 4.78 is 44.9. The lowest BCUT2D eigenvalue weighted by Gasteiger charge is -2.35. The third-order valence-electron chi connectivity index (χ3n) is 5.17. The van der Waals surface area contributed by atoms with Crippen LogP contribution in [-0.4, -0.2) is 57.3 Å². The minimum Gasteiger partial charge on any atom is -0.352 e. The van der Waals surface area contributed by atoms with Crippen molar-refractivity contribution in [3.63, 3.8) is 0 Å². The van der Waals surface area contributed by atoms with Crippen LogP contribution in [0.5, 0.6) is 0 Å². The lowest BCUT2D eigenvalue weighted by molar-refractivity contribution is -0.138. The molecule has 8 nitrogen and oxygen atoms in total. The quantitative estimate of drug-likeness (QED) is 0.593. The number of rotatable bonds is 5. The summed E-state index contributed by atoms with van der Waals surface area (Å²) >= 11 is 0. The zero-order valence-corrected chi connectivity index (χ0v) is 17.3. The average molecular weight is 446 g/mol. The van der Waals surface area contributed by atoms with Gasteiger partial charge in [-0.05, 0) is 30.7 Å². The molecule has 0 aliphatic carbocycles. The summed E-state index contributed by atoms with van der Waals surface area (Å²) in [6.07, 6.45) is -2.97. The van der Waals surface area contributed by atoms with Gasteiger partial charge in [0.1, 0.15) is 0 Å². The number of piperazine rings is 1. The second-order valence-electron chi connectivity index (χ2n) is 7.37. The normalized spacial score (nSPS) is 14.6. The molecule has 1 saturated heterocycles. The van der Waals surface area contributed by atoms with Crippen LogP contribution in [0.4, 0.5) is 19.0 Å². The Bertz CT molecular complexity index is 1080. The Hall–Kier alpha value is -3.50. The molecule has 0 atom stereocenters. The number of aromatic nitrogens is 4. The SMILES string of the molecule is CCCc1noc(-c2ccc(N3CCN(C(=O)c4ccccc4C(F)(F)F)CC3)nn2)n1. The summed E-state index contributed by atoms with van der Waals surface area (Å²) in [5.41, 5.74) is -0.794. The summed E-state index contributed by atoms with van der Waals surface area (Å²) in [4.78, 5) is 20.3. The lowest BCUT2D eigenvalue weighted by atomic mass is 10.1. The largest absolute Gasteiger partial charge is 0.417 e. The van der Waals surface area contributed by atoms with Crippen molar-refractivity contribution >= 4 is 11.7 Å². The Balaban J connectivity index is 1.40. The van der Waals surface area contributed by atoms with E-state index < -0.39 is 17.6 Å². The number of carbonyl (C=O) groups is 1. The minimum absolute atomic E-state index is 0.276. The van der Waals surface area contributed by atoms with E-state index in [2.05, 4.69) is 20.3 Å². The van der Waals surface area contributed by atoms with Crippen molar-refractivity contribution < 1.29 is 22.5 Å². The molecule has 0 N–H and O–H groups in total. The average Bonchev–Trinajstić information content (AvgIpc) is 3.27. The van der Waals surface area contributed by atoms with Gasteiger partial charge in [0, 0.05) is 32.6 Å². The molecule has 3 aromatic rings. The number of carbonyl (C=O) groups excluding carboxylic acids is 1. The van der Waals surface area contributed by atoms with E-state index >= 15 is 0 Å². The van der Waals surface area contributed by atoms with Crippen LogP contribution in [0, 0.1) is 0 Å². The number of halogens is 3. The summed E-state index contributed by atoms with van der Waals surface area (Å²) in [5, 5.41) is 12.2. The van der Waals surface area contributed by atoms with Gasteiger partial charge in [-0.25, -0.2) is 0 Å². The third kappa shape index (κ3) is 4.56. The number of amides is 1. The molecule has 0 bridgehead atoms. The third-order valence-corrected chi connectivity index (χ3v) is 5.17. The van der Waals surface area contributed by atoms with E-state index in [-0.39, 0.29) is 18.7 Å². The second-order valence-corrected chi connectivity index (χ2v) is 7.37. The van der Waals surface area contributed by atoms with Crippen molar-refractivity contribution in [2.45, 2.75) is 25.9 Å². The predicted octanol–water partition coefficient (Wildman–Crippen LogP) is 3.46. The Labute approximate surface area is 182 Å². The molecule has 0 unspecified atom stereocenters. The fourth-order valence-electron chi connectivity index (χ4n) is 3.52. The van der Waals surface area contributed by atoms with Gasteiger partial charge < -0.3 is 14.3 Å². The van der Waals surface area contributed by atoms with Gasteiger partial charge in [0.25, 0.3) is 11.8 Å². The molecule has 1 fully saturated rings. The van der Waals surface area contributed by atoms with Crippen LogP contribution in [-0.2, 0) is 12.6 Å². The number of anilines is 1. The maximum atomic E-state index is 13.2. The van der Waals surface area contributed by atoms with Gasteiger partial charge >= 0.3 is 6.18 Å². The van der Waals surface area contributed by atoms with Gasteiger partial charge in [0.05, 0.1) is 11.1 Å². The zero-order valence-electron chi connectivity index (χ0n) is 17.3. The van der Waals surface area contributed by atoms with Crippen molar-refractivity contribution in [1.82, 2.24) is 25.2 Å². The number of benzene rings is 1. The van der Waals surface area contributed by atoms with Crippen LogP contribution >= 0.6 is 0 Å². The topological polar surface area (TPSA) is 88.3 Å². The number of nitrogens with zero attached hydrogens (tertiary/aromatic N) is 6. The van der Waals surface area contributed by atoms with E-state index in [1.54, 1.807) is 12.1 Å². The predicted molar refractivity (Wildman–Crippen MR) is 109 cm³/mol. The van der Waals surface area contributed by atoms with Crippen molar-refractivity contribution in [1.29, 1.82) is 0 Å². The van der Waals surface area contributed by atoms with E-state index in [9.17, 15) is 18.0 Å². The molecule has 0 radical (unpaired) electrons. The smallest absolute Gasteiger partial charge is 0.352 e. The van der Waals surface area contributed by atoms with Crippen LogP contribution in [0.3, 0.4) is 0 Å². The van der Waals surface area contributed by atoms with Crippen molar-refractivity contribution in [2.24, 2.45) is 0 Å². The van der Waals surface area contributed by atoms with Gasteiger partial charge in [0.15, 0.2) is 17.3 Å². The highest BCUT2D eigenvalue weighted by Crippen LogP contribution is 2.32. The molecule has 1 aliphatic rings. The summed E-state index contributed by atoms with van der Waals surface area (Å²) in [5.74, 6) is 0.885. The fourth-order valence-corrected chi connectivity index (χ4v) is 3.52. The first-order chi connectivity index (χ1) is 15.4. The van der Waals surface area contributed by atoms with Gasteiger partial charge in [-0.1, -0.05) is 24.2 Å². The number of hydrogen-bond acceptors (Lipinski definition) is 7. The summed E-state index contributed by atoms with van der Waals surface area (Å²) in [6, 6.07) is 8.34. The molecule has 1 amide bonds. The number of alkyl halides is 3. The Kier molecular flexibility index (Phi) is 6.06. The van der Waals surface area contributed by atoms with Crippen LogP contribution < -0.4 is 4.90 Å². The molecule has 2 aromatic heterocycles. The van der Waals surface area contributed by atoms with Crippen LogP contribution in [0.25, 0.3) is 11.6 Å². The van der Waals surface area contributed by atoms with Gasteiger partial charge in [-0.3, -0.25) is 4.79 Å².